The van der Waals surface area contributed by atoms with Gasteiger partial charge in [0, 0.05) is 6.92 Å². The molecule has 2 aromatic heterocycles. The van der Waals surface area contributed by atoms with Crippen molar-refractivity contribution < 1.29 is 8.94 Å². The molecule has 2 aromatic rings. The van der Waals surface area contributed by atoms with Gasteiger partial charge in [-0.25, -0.2) is 0 Å². The summed E-state index contributed by atoms with van der Waals surface area (Å²) in [4.78, 5) is 4.04. The highest BCUT2D eigenvalue weighted by atomic mass is 16.5. The quantitative estimate of drug-likeness (QED) is 0.782. The van der Waals surface area contributed by atoms with Crippen molar-refractivity contribution in [2.75, 3.05) is 12.4 Å². The van der Waals surface area contributed by atoms with Crippen LogP contribution in [0.25, 0.3) is 0 Å². The van der Waals surface area contributed by atoms with E-state index < -0.39 is 0 Å². The van der Waals surface area contributed by atoms with E-state index >= 15 is 0 Å². The van der Waals surface area contributed by atoms with Crippen molar-refractivity contribution >= 4 is 6.01 Å². The Hall–Kier alpha value is -1.96. The van der Waals surface area contributed by atoms with Gasteiger partial charge in [-0.1, -0.05) is 10.3 Å². The van der Waals surface area contributed by atoms with Crippen LogP contribution in [0, 0.1) is 6.92 Å². The van der Waals surface area contributed by atoms with Crippen LogP contribution in [0.2, 0.25) is 0 Å². The van der Waals surface area contributed by atoms with Crippen LogP contribution < -0.4 is 10.6 Å². The van der Waals surface area contributed by atoms with Gasteiger partial charge in [-0.3, -0.25) is 0 Å². The maximum absolute atomic E-state index is 5.38. The molecule has 2 heterocycles. The molecular formula is C9H14N6O2. The molecule has 0 radical (unpaired) electrons. The van der Waals surface area contributed by atoms with E-state index in [-0.39, 0.29) is 6.04 Å². The van der Waals surface area contributed by atoms with Gasteiger partial charge in [0.1, 0.15) is 0 Å². The van der Waals surface area contributed by atoms with Gasteiger partial charge in [-0.2, -0.15) is 4.98 Å². The minimum Gasteiger partial charge on any atom is -0.406 e. The van der Waals surface area contributed by atoms with Crippen molar-refractivity contribution in [3.63, 3.8) is 0 Å². The maximum Gasteiger partial charge on any atom is 0.315 e. The standard InChI is InChI=1S/C9H14N6O2/c1-5(10-3)8-13-14-9(16-8)11-4-7-12-6(2)17-15-7/h5,10H,4H2,1-3H3,(H,11,14). The molecule has 2 N–H and O–H groups in total. The number of aromatic nitrogens is 4. The van der Waals surface area contributed by atoms with Gasteiger partial charge in [0.25, 0.3) is 0 Å². The van der Waals surface area contributed by atoms with E-state index in [1.807, 2.05) is 14.0 Å². The normalized spacial score (nSPS) is 12.6. The van der Waals surface area contributed by atoms with Crippen molar-refractivity contribution in [3.05, 3.63) is 17.6 Å². The van der Waals surface area contributed by atoms with Crippen molar-refractivity contribution in [1.82, 2.24) is 25.7 Å². The Balaban J connectivity index is 1.93. The molecule has 0 spiro atoms. The fraction of sp³-hybridized carbons (Fsp3) is 0.556. The Kier molecular flexibility index (Phi) is 3.33. The molecule has 2 rings (SSSR count). The first-order valence-electron chi connectivity index (χ1n) is 5.22. The molecule has 0 fully saturated rings. The Morgan fingerprint density at radius 1 is 1.35 bits per heavy atom. The summed E-state index contributed by atoms with van der Waals surface area (Å²) in [5.74, 6) is 1.60. The van der Waals surface area contributed by atoms with Gasteiger partial charge in [-0.05, 0) is 14.0 Å². The number of hydrogen-bond donors (Lipinski definition) is 2. The molecule has 1 atom stereocenters. The summed E-state index contributed by atoms with van der Waals surface area (Å²) >= 11 is 0. The lowest BCUT2D eigenvalue weighted by Gasteiger charge is -2.02. The summed E-state index contributed by atoms with van der Waals surface area (Å²) in [6.07, 6.45) is 0. The van der Waals surface area contributed by atoms with Crippen molar-refractivity contribution in [2.45, 2.75) is 26.4 Å². The summed E-state index contributed by atoms with van der Waals surface area (Å²) in [7, 11) is 1.82. The van der Waals surface area contributed by atoms with Crippen molar-refractivity contribution in [1.29, 1.82) is 0 Å². The molecular weight excluding hydrogens is 224 g/mol. The third-order valence-electron chi connectivity index (χ3n) is 2.21. The second-order valence-electron chi connectivity index (χ2n) is 3.54. The smallest absolute Gasteiger partial charge is 0.315 e. The summed E-state index contributed by atoms with van der Waals surface area (Å²) in [6, 6.07) is 0.357. The van der Waals surface area contributed by atoms with Gasteiger partial charge in [-0.15, -0.1) is 5.10 Å². The van der Waals surface area contributed by atoms with E-state index in [0.717, 1.165) is 0 Å². The molecule has 0 aliphatic carbocycles. The second kappa shape index (κ2) is 4.91. The third-order valence-corrected chi connectivity index (χ3v) is 2.21. The highest BCUT2D eigenvalue weighted by Crippen LogP contribution is 2.13. The van der Waals surface area contributed by atoms with E-state index in [4.69, 9.17) is 8.94 Å². The van der Waals surface area contributed by atoms with E-state index in [2.05, 4.69) is 31.0 Å². The number of aryl methyl sites for hydroxylation is 1. The molecule has 0 aromatic carbocycles. The molecule has 92 valence electrons. The predicted molar refractivity (Wildman–Crippen MR) is 58.1 cm³/mol. The van der Waals surface area contributed by atoms with Gasteiger partial charge < -0.3 is 19.6 Å². The van der Waals surface area contributed by atoms with Crippen LogP contribution in [0.1, 0.15) is 30.6 Å². The zero-order chi connectivity index (χ0) is 12.3. The van der Waals surface area contributed by atoms with Crippen LogP contribution in [0.3, 0.4) is 0 Å². The Morgan fingerprint density at radius 3 is 2.82 bits per heavy atom. The topological polar surface area (TPSA) is 102 Å². The molecule has 0 saturated heterocycles. The highest BCUT2D eigenvalue weighted by Gasteiger charge is 2.12. The van der Waals surface area contributed by atoms with Crippen molar-refractivity contribution in [2.24, 2.45) is 0 Å². The fourth-order valence-electron chi connectivity index (χ4n) is 1.17. The minimum absolute atomic E-state index is 0.0190. The fourth-order valence-corrected chi connectivity index (χ4v) is 1.17. The van der Waals surface area contributed by atoms with E-state index in [0.29, 0.717) is 30.2 Å². The summed E-state index contributed by atoms with van der Waals surface area (Å²) < 4.78 is 10.2. The molecule has 0 bridgehead atoms. The molecule has 0 saturated carbocycles. The van der Waals surface area contributed by atoms with Crippen molar-refractivity contribution in [3.8, 4) is 0 Å². The molecule has 0 amide bonds. The van der Waals surface area contributed by atoms with E-state index in [1.165, 1.54) is 0 Å². The Bertz CT molecular complexity index is 479. The number of anilines is 1. The zero-order valence-corrected chi connectivity index (χ0v) is 9.89. The predicted octanol–water partition coefficient (Wildman–Crippen LogP) is 0.654. The van der Waals surface area contributed by atoms with Gasteiger partial charge in [0.05, 0.1) is 12.6 Å². The van der Waals surface area contributed by atoms with Gasteiger partial charge >= 0.3 is 6.01 Å². The Morgan fingerprint density at radius 2 is 2.18 bits per heavy atom. The molecule has 8 nitrogen and oxygen atoms in total. The van der Waals surface area contributed by atoms with Gasteiger partial charge in [0.15, 0.2) is 5.82 Å². The highest BCUT2D eigenvalue weighted by molar-refractivity contribution is 5.17. The largest absolute Gasteiger partial charge is 0.406 e. The number of nitrogens with zero attached hydrogens (tertiary/aromatic N) is 4. The summed E-state index contributed by atoms with van der Waals surface area (Å²) in [5, 5.41) is 17.4. The van der Waals surface area contributed by atoms with Crippen LogP contribution in [0.5, 0.6) is 0 Å². The Labute approximate surface area is 97.8 Å². The first kappa shape index (κ1) is 11.5. The van der Waals surface area contributed by atoms with Crippen LogP contribution in [0.15, 0.2) is 8.94 Å². The summed E-state index contributed by atoms with van der Waals surface area (Å²) in [6.45, 7) is 4.04. The molecule has 0 aliphatic heterocycles. The molecule has 0 aliphatic rings. The summed E-state index contributed by atoms with van der Waals surface area (Å²) in [5.41, 5.74) is 0. The SMILES string of the molecule is CNC(C)c1nnc(NCc2noc(C)n2)o1. The van der Waals surface area contributed by atoms with Gasteiger partial charge in [0.2, 0.25) is 11.8 Å². The number of nitrogens with one attached hydrogen (secondary N) is 2. The zero-order valence-electron chi connectivity index (χ0n) is 9.89. The monoisotopic (exact) mass is 238 g/mol. The lowest BCUT2D eigenvalue weighted by molar-refractivity contribution is 0.387. The number of hydrogen-bond acceptors (Lipinski definition) is 8. The molecule has 17 heavy (non-hydrogen) atoms. The lowest BCUT2D eigenvalue weighted by atomic mass is 10.3. The lowest BCUT2D eigenvalue weighted by Crippen LogP contribution is -2.12. The molecule has 1 unspecified atom stereocenters. The minimum atomic E-state index is 0.0190. The van der Waals surface area contributed by atoms with Crippen LogP contribution in [-0.2, 0) is 6.54 Å². The second-order valence-corrected chi connectivity index (χ2v) is 3.54. The van der Waals surface area contributed by atoms with Crippen LogP contribution in [-0.4, -0.2) is 27.4 Å². The number of rotatable bonds is 5. The average molecular weight is 238 g/mol. The maximum atomic E-state index is 5.38. The van der Waals surface area contributed by atoms with Crippen LogP contribution >= 0.6 is 0 Å². The average Bonchev–Trinajstić information content (AvgIpc) is 2.94. The third kappa shape index (κ3) is 2.78. The first-order chi connectivity index (χ1) is 8.19. The first-order valence-corrected chi connectivity index (χ1v) is 5.22. The van der Waals surface area contributed by atoms with E-state index in [9.17, 15) is 0 Å². The van der Waals surface area contributed by atoms with E-state index in [1.54, 1.807) is 6.92 Å². The molecule has 8 heteroatoms. The van der Waals surface area contributed by atoms with Crippen LogP contribution in [0.4, 0.5) is 6.01 Å².